The van der Waals surface area contributed by atoms with Crippen molar-refractivity contribution in [1.29, 1.82) is 0 Å². The summed E-state index contributed by atoms with van der Waals surface area (Å²) in [5.41, 5.74) is 3.23. The van der Waals surface area contributed by atoms with Crippen molar-refractivity contribution in [2.75, 3.05) is 66.0 Å². The number of rotatable bonds is 5. The van der Waals surface area contributed by atoms with Gasteiger partial charge < -0.3 is 4.90 Å². The van der Waals surface area contributed by atoms with Crippen molar-refractivity contribution in [2.45, 2.75) is 33.2 Å². The highest BCUT2D eigenvalue weighted by atomic mass is 16.2. The van der Waals surface area contributed by atoms with Crippen LogP contribution in [-0.4, -0.2) is 97.1 Å². The highest BCUT2D eigenvalue weighted by molar-refractivity contribution is 5.77. The van der Waals surface area contributed by atoms with Gasteiger partial charge >= 0.3 is 0 Å². The van der Waals surface area contributed by atoms with E-state index in [9.17, 15) is 4.79 Å². The van der Waals surface area contributed by atoms with Crippen molar-refractivity contribution in [2.24, 2.45) is 5.92 Å². The van der Waals surface area contributed by atoms with E-state index in [1.54, 1.807) is 0 Å². The number of nitrogens with one attached hydrogen (secondary N) is 1. The molecule has 0 aliphatic carbocycles. The van der Waals surface area contributed by atoms with E-state index in [1.807, 2.05) is 13.8 Å². The van der Waals surface area contributed by atoms with E-state index >= 15 is 0 Å². The smallest absolute Gasteiger partial charge is 0.236 e. The average Bonchev–Trinajstić information content (AvgIpc) is 2.49. The summed E-state index contributed by atoms with van der Waals surface area (Å²) in [7, 11) is 2.20. The number of likely N-dealkylation sites (N-methyl/N-ethyl adjacent to an activating group) is 1. The predicted molar refractivity (Wildman–Crippen MR) is 94.1 cm³/mol. The van der Waals surface area contributed by atoms with Crippen LogP contribution < -0.4 is 5.43 Å². The summed E-state index contributed by atoms with van der Waals surface area (Å²) in [6.07, 6.45) is 0. The van der Waals surface area contributed by atoms with Crippen LogP contribution in [0.25, 0.3) is 0 Å². The Morgan fingerprint density at radius 3 is 2.09 bits per heavy atom. The minimum atomic E-state index is 0.0456. The topological polar surface area (TPSA) is 42.1 Å². The molecule has 2 aliphatic rings. The van der Waals surface area contributed by atoms with E-state index < -0.39 is 0 Å². The molecule has 0 unspecified atom stereocenters. The van der Waals surface area contributed by atoms with E-state index in [1.165, 1.54) is 13.1 Å². The van der Waals surface area contributed by atoms with Gasteiger partial charge in [0.2, 0.25) is 5.91 Å². The van der Waals surface area contributed by atoms with Gasteiger partial charge in [-0.25, -0.2) is 5.01 Å². The van der Waals surface area contributed by atoms with Crippen LogP contribution in [0, 0.1) is 5.92 Å². The molecule has 2 rings (SSSR count). The number of amides is 1. The molecular formula is C17H35N5O. The second kappa shape index (κ2) is 7.92. The number of hydrogen-bond donors (Lipinski definition) is 1. The lowest BCUT2D eigenvalue weighted by atomic mass is 10.00. The standard InChI is InChI=1S/C17H35N5O/c1-15(2)16(23)18-22-12-8-20(9-13-22)14-17(3,4)21-10-6-19(5)7-11-21/h15H,6-14H2,1-5H3,(H,18,23). The maximum atomic E-state index is 11.8. The quantitative estimate of drug-likeness (QED) is 0.788. The zero-order valence-electron chi connectivity index (χ0n) is 15.6. The SMILES string of the molecule is CC(C)C(=O)NN1CCN(CC(C)(C)N2CCN(C)CC2)CC1. The first-order valence-corrected chi connectivity index (χ1v) is 8.99. The molecular weight excluding hydrogens is 290 g/mol. The van der Waals surface area contributed by atoms with Crippen LogP contribution in [0.4, 0.5) is 0 Å². The molecule has 0 spiro atoms. The minimum Gasteiger partial charge on any atom is -0.304 e. The molecule has 23 heavy (non-hydrogen) atoms. The largest absolute Gasteiger partial charge is 0.304 e. The van der Waals surface area contributed by atoms with Gasteiger partial charge in [-0.1, -0.05) is 13.8 Å². The Bertz CT molecular complexity index is 382. The number of hydrogen-bond acceptors (Lipinski definition) is 5. The third-order valence-electron chi connectivity index (χ3n) is 5.13. The van der Waals surface area contributed by atoms with Crippen LogP contribution in [0.3, 0.4) is 0 Å². The highest BCUT2D eigenvalue weighted by Crippen LogP contribution is 2.19. The van der Waals surface area contributed by atoms with E-state index in [0.717, 1.165) is 45.8 Å². The molecule has 0 atom stereocenters. The lowest BCUT2D eigenvalue weighted by Crippen LogP contribution is -2.61. The number of hydrazine groups is 1. The zero-order chi connectivity index (χ0) is 17.0. The Morgan fingerprint density at radius 1 is 1.00 bits per heavy atom. The fourth-order valence-electron chi connectivity index (χ4n) is 3.36. The Morgan fingerprint density at radius 2 is 1.57 bits per heavy atom. The predicted octanol–water partition coefficient (Wildman–Crippen LogP) is 0.317. The van der Waals surface area contributed by atoms with Crippen LogP contribution in [0.15, 0.2) is 0 Å². The summed E-state index contributed by atoms with van der Waals surface area (Å²) in [6.45, 7) is 18.2. The van der Waals surface area contributed by atoms with Gasteiger partial charge in [0.1, 0.15) is 0 Å². The van der Waals surface area contributed by atoms with Crippen LogP contribution in [-0.2, 0) is 4.79 Å². The van der Waals surface area contributed by atoms with Gasteiger partial charge in [-0.3, -0.25) is 20.0 Å². The van der Waals surface area contributed by atoms with E-state index in [2.05, 4.69) is 46.0 Å². The Kier molecular flexibility index (Phi) is 6.42. The van der Waals surface area contributed by atoms with Gasteiger partial charge in [0.05, 0.1) is 0 Å². The maximum absolute atomic E-state index is 11.8. The van der Waals surface area contributed by atoms with Crippen molar-refractivity contribution >= 4 is 5.91 Å². The molecule has 0 aromatic carbocycles. The number of piperazine rings is 2. The molecule has 0 radical (unpaired) electrons. The van der Waals surface area contributed by atoms with Crippen molar-refractivity contribution < 1.29 is 4.79 Å². The third-order valence-corrected chi connectivity index (χ3v) is 5.13. The maximum Gasteiger partial charge on any atom is 0.236 e. The third kappa shape index (κ3) is 5.41. The fraction of sp³-hybridized carbons (Fsp3) is 0.941. The highest BCUT2D eigenvalue weighted by Gasteiger charge is 2.32. The minimum absolute atomic E-state index is 0.0456. The van der Waals surface area contributed by atoms with Crippen molar-refractivity contribution in [3.05, 3.63) is 0 Å². The summed E-state index contributed by atoms with van der Waals surface area (Å²) in [5.74, 6) is 0.167. The molecule has 0 saturated carbocycles. The van der Waals surface area contributed by atoms with Crippen LogP contribution >= 0.6 is 0 Å². The van der Waals surface area contributed by atoms with Crippen LogP contribution in [0.5, 0.6) is 0 Å². The lowest BCUT2D eigenvalue weighted by molar-refractivity contribution is -0.130. The summed E-state index contributed by atoms with van der Waals surface area (Å²) in [5, 5.41) is 2.07. The van der Waals surface area contributed by atoms with Crippen molar-refractivity contribution in [3.8, 4) is 0 Å². The molecule has 1 N–H and O–H groups in total. The summed E-state index contributed by atoms with van der Waals surface area (Å²) < 4.78 is 0. The molecule has 2 aliphatic heterocycles. The van der Waals surface area contributed by atoms with E-state index in [0.29, 0.717) is 0 Å². The Hall–Kier alpha value is -0.690. The summed E-state index contributed by atoms with van der Waals surface area (Å²) >= 11 is 0. The molecule has 6 heteroatoms. The summed E-state index contributed by atoms with van der Waals surface area (Å²) in [6, 6.07) is 0. The first-order chi connectivity index (χ1) is 10.8. The van der Waals surface area contributed by atoms with Crippen LogP contribution in [0.2, 0.25) is 0 Å². The zero-order valence-corrected chi connectivity index (χ0v) is 15.6. The fourth-order valence-corrected chi connectivity index (χ4v) is 3.36. The van der Waals surface area contributed by atoms with Gasteiger partial charge in [0, 0.05) is 70.4 Å². The monoisotopic (exact) mass is 325 g/mol. The van der Waals surface area contributed by atoms with E-state index in [-0.39, 0.29) is 17.4 Å². The second-order valence-corrected chi connectivity index (χ2v) is 8.00. The van der Waals surface area contributed by atoms with Gasteiger partial charge in [0.15, 0.2) is 0 Å². The normalized spacial score (nSPS) is 23.4. The Balaban J connectivity index is 1.76. The van der Waals surface area contributed by atoms with Gasteiger partial charge in [-0.2, -0.15) is 0 Å². The van der Waals surface area contributed by atoms with Crippen molar-refractivity contribution in [1.82, 2.24) is 25.1 Å². The van der Waals surface area contributed by atoms with Gasteiger partial charge in [-0.15, -0.1) is 0 Å². The van der Waals surface area contributed by atoms with Gasteiger partial charge in [0.25, 0.3) is 0 Å². The van der Waals surface area contributed by atoms with Crippen LogP contribution in [0.1, 0.15) is 27.7 Å². The molecule has 2 fully saturated rings. The molecule has 0 aromatic heterocycles. The first-order valence-electron chi connectivity index (χ1n) is 8.99. The summed E-state index contributed by atoms with van der Waals surface area (Å²) in [4.78, 5) is 19.3. The average molecular weight is 326 g/mol. The second-order valence-electron chi connectivity index (χ2n) is 8.00. The first kappa shape index (κ1) is 18.6. The van der Waals surface area contributed by atoms with Crippen molar-refractivity contribution in [3.63, 3.8) is 0 Å². The molecule has 134 valence electrons. The van der Waals surface area contributed by atoms with E-state index in [4.69, 9.17) is 0 Å². The molecule has 0 aromatic rings. The number of nitrogens with zero attached hydrogens (tertiary/aromatic N) is 4. The molecule has 0 bridgehead atoms. The number of carbonyl (C=O) groups excluding carboxylic acids is 1. The molecule has 1 amide bonds. The number of carbonyl (C=O) groups is 1. The Labute approximate surface area is 141 Å². The molecule has 2 saturated heterocycles. The lowest BCUT2D eigenvalue weighted by Gasteiger charge is -2.46. The molecule has 2 heterocycles. The van der Waals surface area contributed by atoms with Gasteiger partial charge in [-0.05, 0) is 20.9 Å². The molecule has 6 nitrogen and oxygen atoms in total.